The second-order valence-electron chi connectivity index (χ2n) is 3.78. The molecule has 0 aliphatic carbocycles. The molecule has 0 amide bonds. The Kier molecular flexibility index (Phi) is 4.01. The van der Waals surface area contributed by atoms with Gasteiger partial charge < -0.3 is 0 Å². The number of rotatable bonds is 4. The van der Waals surface area contributed by atoms with Gasteiger partial charge in [-0.1, -0.05) is 51.5 Å². The van der Waals surface area contributed by atoms with Gasteiger partial charge in [0.25, 0.3) is 0 Å². The summed E-state index contributed by atoms with van der Waals surface area (Å²) in [5.41, 5.74) is 2.88. The van der Waals surface area contributed by atoms with Crippen molar-refractivity contribution in [3.05, 3.63) is 41.8 Å². The smallest absolute Gasteiger partial charge is 0.00903 e. The van der Waals surface area contributed by atoms with Crippen LogP contribution in [-0.2, 0) is 0 Å². The maximum absolute atomic E-state index is 2.34. The molecule has 0 heterocycles. The summed E-state index contributed by atoms with van der Waals surface area (Å²) in [6.07, 6.45) is 4.76. The van der Waals surface area contributed by atoms with Gasteiger partial charge in [0.2, 0.25) is 0 Å². The fourth-order valence-corrected chi connectivity index (χ4v) is 1.52. The van der Waals surface area contributed by atoms with Crippen molar-refractivity contribution in [2.24, 2.45) is 0 Å². The van der Waals surface area contributed by atoms with E-state index in [1.165, 1.54) is 24.0 Å². The molecule has 0 spiro atoms. The second-order valence-corrected chi connectivity index (χ2v) is 3.78. The Morgan fingerprint density at radius 1 is 1.23 bits per heavy atom. The van der Waals surface area contributed by atoms with Gasteiger partial charge in [-0.25, -0.2) is 0 Å². The van der Waals surface area contributed by atoms with Crippen LogP contribution < -0.4 is 0 Å². The second kappa shape index (κ2) is 5.06. The lowest BCUT2D eigenvalue weighted by molar-refractivity contribution is 0.843. The number of hydrogen-bond donors (Lipinski definition) is 0. The van der Waals surface area contributed by atoms with Crippen molar-refractivity contribution in [1.29, 1.82) is 0 Å². The van der Waals surface area contributed by atoms with Crippen molar-refractivity contribution in [1.82, 2.24) is 0 Å². The van der Waals surface area contributed by atoms with Gasteiger partial charge in [0.1, 0.15) is 0 Å². The van der Waals surface area contributed by atoms with Crippen LogP contribution in [0.2, 0.25) is 0 Å². The third kappa shape index (κ3) is 2.87. The molecule has 0 nitrogen and oxygen atoms in total. The number of unbranched alkanes of at least 4 members (excludes halogenated alkanes) is 1. The molecule has 0 fully saturated rings. The van der Waals surface area contributed by atoms with E-state index in [0.29, 0.717) is 5.92 Å². The monoisotopic (exact) mass is 175 g/mol. The largest absolute Gasteiger partial charge is 0.0654 e. The van der Waals surface area contributed by atoms with Crippen LogP contribution in [-0.4, -0.2) is 0 Å². The lowest BCUT2D eigenvalue weighted by Gasteiger charge is -2.11. The van der Waals surface area contributed by atoms with Crippen LogP contribution in [0.3, 0.4) is 0 Å². The minimum Gasteiger partial charge on any atom is -0.0654 e. The molecule has 0 bridgehead atoms. The highest BCUT2D eigenvalue weighted by Crippen LogP contribution is 2.21. The van der Waals surface area contributed by atoms with E-state index in [4.69, 9.17) is 0 Å². The van der Waals surface area contributed by atoms with Crippen LogP contribution in [0.1, 0.15) is 50.7 Å². The Morgan fingerprint density at radius 3 is 2.54 bits per heavy atom. The molecule has 1 radical (unpaired) electrons. The average Bonchev–Trinajstić information content (AvgIpc) is 2.15. The van der Waals surface area contributed by atoms with E-state index in [0.717, 1.165) is 0 Å². The van der Waals surface area contributed by atoms with Gasteiger partial charge in [-0.15, -0.1) is 0 Å². The fraction of sp³-hybridized carbons (Fsp3) is 0.462. The predicted octanol–water partition coefficient (Wildman–Crippen LogP) is 4.16. The quantitative estimate of drug-likeness (QED) is 0.644. The molecule has 0 saturated heterocycles. The topological polar surface area (TPSA) is 0 Å². The van der Waals surface area contributed by atoms with Gasteiger partial charge >= 0.3 is 0 Å². The third-order valence-corrected chi connectivity index (χ3v) is 2.27. The van der Waals surface area contributed by atoms with E-state index in [1.807, 2.05) is 0 Å². The normalized spacial score (nSPS) is 10.8. The first-order valence-corrected chi connectivity index (χ1v) is 5.17. The summed E-state index contributed by atoms with van der Waals surface area (Å²) in [5, 5.41) is 0. The van der Waals surface area contributed by atoms with Crippen LogP contribution >= 0.6 is 0 Å². The van der Waals surface area contributed by atoms with E-state index in [2.05, 4.69) is 51.5 Å². The van der Waals surface area contributed by atoms with Crippen molar-refractivity contribution < 1.29 is 0 Å². The molecule has 0 atom stereocenters. The molecule has 0 heteroatoms. The Bertz CT molecular complexity index is 248. The minimum atomic E-state index is 0.629. The van der Waals surface area contributed by atoms with Crippen molar-refractivity contribution >= 4 is 0 Å². The van der Waals surface area contributed by atoms with Crippen LogP contribution in [0.5, 0.6) is 0 Å². The van der Waals surface area contributed by atoms with E-state index in [9.17, 15) is 0 Å². The lowest BCUT2D eigenvalue weighted by Crippen LogP contribution is -1.94. The van der Waals surface area contributed by atoms with Crippen LogP contribution in [0.25, 0.3) is 0 Å². The fourth-order valence-electron chi connectivity index (χ4n) is 1.52. The molecule has 0 saturated carbocycles. The maximum atomic E-state index is 2.34. The van der Waals surface area contributed by atoms with E-state index in [1.54, 1.807) is 0 Å². The first-order chi connectivity index (χ1) is 6.25. The molecular weight excluding hydrogens is 156 g/mol. The predicted molar refractivity (Wildman–Crippen MR) is 58.8 cm³/mol. The first-order valence-electron chi connectivity index (χ1n) is 5.17. The Labute approximate surface area is 82.0 Å². The first kappa shape index (κ1) is 10.3. The summed E-state index contributed by atoms with van der Waals surface area (Å²) in [6.45, 7) is 6.71. The average molecular weight is 175 g/mol. The summed E-state index contributed by atoms with van der Waals surface area (Å²) < 4.78 is 0. The van der Waals surface area contributed by atoms with Crippen LogP contribution in [0.4, 0.5) is 0 Å². The Balaban J connectivity index is 2.78. The van der Waals surface area contributed by atoms with Crippen molar-refractivity contribution in [3.63, 3.8) is 0 Å². The molecule has 0 unspecified atom stereocenters. The zero-order valence-corrected chi connectivity index (χ0v) is 8.88. The summed E-state index contributed by atoms with van der Waals surface area (Å²) in [6, 6.07) is 8.68. The molecule has 1 rings (SSSR count). The molecular formula is C13H19. The SMILES string of the molecule is CCC[CH]c1ccccc1C(C)C. The van der Waals surface area contributed by atoms with Gasteiger partial charge in [0.05, 0.1) is 0 Å². The molecule has 71 valence electrons. The summed E-state index contributed by atoms with van der Waals surface area (Å²) in [7, 11) is 0. The zero-order valence-electron chi connectivity index (χ0n) is 8.88. The van der Waals surface area contributed by atoms with E-state index in [-0.39, 0.29) is 0 Å². The van der Waals surface area contributed by atoms with Crippen molar-refractivity contribution in [2.45, 2.75) is 39.5 Å². The van der Waals surface area contributed by atoms with Gasteiger partial charge in [-0.05, 0) is 29.9 Å². The molecule has 0 aromatic heterocycles. The maximum Gasteiger partial charge on any atom is -0.00903 e. The Morgan fingerprint density at radius 2 is 1.92 bits per heavy atom. The number of hydrogen-bond acceptors (Lipinski definition) is 0. The molecule has 0 aliphatic rings. The highest BCUT2D eigenvalue weighted by molar-refractivity contribution is 5.34. The van der Waals surface area contributed by atoms with Gasteiger partial charge in [-0.3, -0.25) is 0 Å². The Hall–Kier alpha value is -0.780. The van der Waals surface area contributed by atoms with Gasteiger partial charge in [0.15, 0.2) is 0 Å². The van der Waals surface area contributed by atoms with Gasteiger partial charge in [-0.2, -0.15) is 0 Å². The zero-order chi connectivity index (χ0) is 9.68. The highest BCUT2D eigenvalue weighted by atomic mass is 14.1. The molecule has 13 heavy (non-hydrogen) atoms. The molecule has 0 aliphatic heterocycles. The van der Waals surface area contributed by atoms with Crippen molar-refractivity contribution in [2.75, 3.05) is 0 Å². The minimum absolute atomic E-state index is 0.629. The summed E-state index contributed by atoms with van der Waals surface area (Å²) in [5.74, 6) is 0.629. The summed E-state index contributed by atoms with van der Waals surface area (Å²) in [4.78, 5) is 0. The van der Waals surface area contributed by atoms with E-state index < -0.39 is 0 Å². The van der Waals surface area contributed by atoms with Crippen LogP contribution in [0.15, 0.2) is 24.3 Å². The molecule has 0 N–H and O–H groups in total. The number of benzene rings is 1. The molecule has 1 aromatic rings. The summed E-state index contributed by atoms with van der Waals surface area (Å²) >= 11 is 0. The lowest BCUT2D eigenvalue weighted by atomic mass is 9.94. The standard InChI is InChI=1S/C13H19/c1-4-5-8-12-9-6-7-10-13(12)11(2)3/h6-11H,4-5H2,1-3H3. The van der Waals surface area contributed by atoms with Gasteiger partial charge in [0, 0.05) is 0 Å². The van der Waals surface area contributed by atoms with Crippen molar-refractivity contribution in [3.8, 4) is 0 Å². The molecule has 1 aromatic carbocycles. The third-order valence-electron chi connectivity index (χ3n) is 2.27. The van der Waals surface area contributed by atoms with Crippen LogP contribution in [0, 0.1) is 6.42 Å². The highest BCUT2D eigenvalue weighted by Gasteiger charge is 2.04. The van der Waals surface area contributed by atoms with E-state index >= 15 is 0 Å².